The first kappa shape index (κ1) is 13.3. The molecule has 0 amide bonds. The maximum absolute atomic E-state index is 10.8. The van der Waals surface area contributed by atoms with Gasteiger partial charge in [-0.15, -0.1) is 0 Å². The first-order valence-electron chi connectivity index (χ1n) is 7.21. The van der Waals surface area contributed by atoms with Gasteiger partial charge in [0.25, 0.3) is 0 Å². The van der Waals surface area contributed by atoms with Gasteiger partial charge in [0, 0.05) is 16.5 Å². The van der Waals surface area contributed by atoms with Gasteiger partial charge in [-0.1, -0.05) is 48.5 Å². The number of aliphatic hydroxyl groups excluding tert-OH is 1. The van der Waals surface area contributed by atoms with Gasteiger partial charge in [0.15, 0.2) is 0 Å². The van der Waals surface area contributed by atoms with E-state index in [1.807, 2.05) is 53.2 Å². The summed E-state index contributed by atoms with van der Waals surface area (Å²) in [6, 6.07) is 20.4. The highest BCUT2D eigenvalue weighted by molar-refractivity contribution is 7.08. The van der Waals surface area contributed by atoms with Gasteiger partial charge >= 0.3 is 0 Å². The van der Waals surface area contributed by atoms with Gasteiger partial charge in [-0.2, -0.15) is 11.3 Å². The van der Waals surface area contributed by atoms with Crippen molar-refractivity contribution in [3.05, 3.63) is 82.7 Å². The van der Waals surface area contributed by atoms with E-state index in [-0.39, 0.29) is 0 Å². The van der Waals surface area contributed by atoms with Crippen molar-refractivity contribution < 1.29 is 5.11 Å². The number of hydrogen-bond acceptors (Lipinski definition) is 2. The summed E-state index contributed by atoms with van der Waals surface area (Å²) < 4.78 is 0. The molecular weight excluding hydrogens is 290 g/mol. The van der Waals surface area contributed by atoms with E-state index in [2.05, 4.69) is 23.2 Å². The lowest BCUT2D eigenvalue weighted by atomic mass is 9.98. The van der Waals surface area contributed by atoms with Crippen molar-refractivity contribution in [3.63, 3.8) is 0 Å². The number of hydrogen-bond donors (Lipinski definition) is 2. The fourth-order valence-electron chi connectivity index (χ4n) is 2.88. The standard InChI is InChI=1S/C19H15NOS/c21-19(14-10-11-22-12-14)18-17(13-6-2-1-3-7-13)15-8-4-5-9-16(15)20-18/h1-12,19-21H. The molecule has 1 unspecified atom stereocenters. The Balaban J connectivity index is 1.98. The summed E-state index contributed by atoms with van der Waals surface area (Å²) in [5, 5.41) is 15.9. The molecule has 0 fully saturated rings. The zero-order chi connectivity index (χ0) is 14.9. The van der Waals surface area contributed by atoms with Gasteiger partial charge in [-0.3, -0.25) is 0 Å². The summed E-state index contributed by atoms with van der Waals surface area (Å²) >= 11 is 1.60. The van der Waals surface area contributed by atoms with E-state index in [1.165, 1.54) is 0 Å². The van der Waals surface area contributed by atoms with Crippen LogP contribution in [-0.4, -0.2) is 10.1 Å². The lowest BCUT2D eigenvalue weighted by Gasteiger charge is -2.11. The van der Waals surface area contributed by atoms with E-state index in [0.29, 0.717) is 0 Å². The number of para-hydroxylation sites is 1. The van der Waals surface area contributed by atoms with Crippen LogP contribution in [-0.2, 0) is 0 Å². The van der Waals surface area contributed by atoms with E-state index < -0.39 is 6.10 Å². The second-order valence-electron chi connectivity index (χ2n) is 5.28. The predicted octanol–water partition coefficient (Wildman–Crippen LogP) is 4.98. The Hall–Kier alpha value is -2.36. The van der Waals surface area contributed by atoms with Crippen molar-refractivity contribution in [2.45, 2.75) is 6.10 Å². The number of thiophene rings is 1. The van der Waals surface area contributed by atoms with Gasteiger partial charge in [-0.05, 0) is 34.0 Å². The van der Waals surface area contributed by atoms with E-state index in [1.54, 1.807) is 11.3 Å². The molecule has 2 aromatic heterocycles. The first-order valence-corrected chi connectivity index (χ1v) is 8.15. The number of rotatable bonds is 3. The SMILES string of the molecule is OC(c1ccsc1)c1[nH]c2ccccc2c1-c1ccccc1. The summed E-state index contributed by atoms with van der Waals surface area (Å²) in [5.74, 6) is 0. The van der Waals surface area contributed by atoms with Crippen LogP contribution < -0.4 is 0 Å². The quantitative estimate of drug-likeness (QED) is 0.550. The van der Waals surface area contributed by atoms with E-state index in [9.17, 15) is 5.11 Å². The minimum Gasteiger partial charge on any atom is -0.382 e. The number of nitrogens with one attached hydrogen (secondary N) is 1. The maximum Gasteiger partial charge on any atom is 0.120 e. The topological polar surface area (TPSA) is 36.0 Å². The molecule has 0 aliphatic heterocycles. The van der Waals surface area contributed by atoms with Crippen molar-refractivity contribution >= 4 is 22.2 Å². The highest BCUT2D eigenvalue weighted by Gasteiger charge is 2.20. The molecule has 108 valence electrons. The van der Waals surface area contributed by atoms with Crippen LogP contribution in [0.5, 0.6) is 0 Å². The Morgan fingerprint density at radius 1 is 0.909 bits per heavy atom. The number of fused-ring (bicyclic) bond motifs is 1. The average Bonchev–Trinajstić information content (AvgIpc) is 3.22. The van der Waals surface area contributed by atoms with Crippen molar-refractivity contribution in [2.24, 2.45) is 0 Å². The molecule has 2 nitrogen and oxygen atoms in total. The van der Waals surface area contributed by atoms with Gasteiger partial charge in [0.05, 0.1) is 5.69 Å². The Labute approximate surface area is 132 Å². The molecule has 0 aliphatic carbocycles. The number of H-pyrrole nitrogens is 1. The third kappa shape index (κ3) is 2.15. The number of benzene rings is 2. The average molecular weight is 305 g/mol. The fraction of sp³-hybridized carbons (Fsp3) is 0.0526. The smallest absolute Gasteiger partial charge is 0.120 e. The van der Waals surface area contributed by atoms with E-state index >= 15 is 0 Å². The Kier molecular flexibility index (Phi) is 3.29. The lowest BCUT2D eigenvalue weighted by molar-refractivity contribution is 0.217. The van der Waals surface area contributed by atoms with Crippen molar-refractivity contribution in [3.8, 4) is 11.1 Å². The molecule has 4 aromatic rings. The third-order valence-electron chi connectivity index (χ3n) is 3.93. The first-order chi connectivity index (χ1) is 10.8. The molecule has 0 spiro atoms. The molecule has 22 heavy (non-hydrogen) atoms. The van der Waals surface area contributed by atoms with Crippen molar-refractivity contribution in [1.29, 1.82) is 0 Å². The van der Waals surface area contributed by atoms with E-state index in [0.717, 1.165) is 33.3 Å². The zero-order valence-electron chi connectivity index (χ0n) is 11.9. The third-order valence-corrected chi connectivity index (χ3v) is 4.63. The minimum absolute atomic E-state index is 0.645. The zero-order valence-corrected chi connectivity index (χ0v) is 12.7. The van der Waals surface area contributed by atoms with Crippen LogP contribution in [0, 0.1) is 0 Å². The summed E-state index contributed by atoms with van der Waals surface area (Å²) in [6.07, 6.45) is -0.645. The Bertz CT molecular complexity index is 894. The minimum atomic E-state index is -0.645. The summed E-state index contributed by atoms with van der Waals surface area (Å²) in [7, 11) is 0. The van der Waals surface area contributed by atoms with Crippen LogP contribution in [0.3, 0.4) is 0 Å². The van der Waals surface area contributed by atoms with Gasteiger partial charge in [0.2, 0.25) is 0 Å². The Morgan fingerprint density at radius 2 is 1.68 bits per heavy atom. The molecule has 0 bridgehead atoms. The van der Waals surface area contributed by atoms with Crippen LogP contribution >= 0.6 is 11.3 Å². The summed E-state index contributed by atoms with van der Waals surface area (Å²) in [6.45, 7) is 0. The second-order valence-corrected chi connectivity index (χ2v) is 6.06. The molecule has 0 saturated carbocycles. The molecule has 0 saturated heterocycles. The molecule has 3 heteroatoms. The molecular formula is C19H15NOS. The molecule has 2 N–H and O–H groups in total. The van der Waals surface area contributed by atoms with Crippen LogP contribution in [0.15, 0.2) is 71.4 Å². The lowest BCUT2D eigenvalue weighted by Crippen LogP contribution is -2.00. The monoisotopic (exact) mass is 305 g/mol. The van der Waals surface area contributed by atoms with E-state index in [4.69, 9.17) is 0 Å². The normalized spacial score (nSPS) is 12.6. The van der Waals surface area contributed by atoms with Crippen molar-refractivity contribution in [2.75, 3.05) is 0 Å². The molecule has 1 atom stereocenters. The van der Waals surface area contributed by atoms with Crippen molar-refractivity contribution in [1.82, 2.24) is 4.98 Å². The number of aliphatic hydroxyl groups is 1. The van der Waals surface area contributed by atoms with Gasteiger partial charge in [0.1, 0.15) is 6.10 Å². The predicted molar refractivity (Wildman–Crippen MR) is 92.1 cm³/mol. The number of aromatic nitrogens is 1. The van der Waals surface area contributed by atoms with Crippen LogP contribution in [0.25, 0.3) is 22.0 Å². The Morgan fingerprint density at radius 3 is 2.45 bits per heavy atom. The second kappa shape index (κ2) is 5.44. The molecule has 2 heterocycles. The highest BCUT2D eigenvalue weighted by Crippen LogP contribution is 2.37. The molecule has 4 rings (SSSR count). The molecule has 0 radical (unpaired) electrons. The molecule has 2 aromatic carbocycles. The maximum atomic E-state index is 10.8. The number of aromatic amines is 1. The van der Waals surface area contributed by atoms with Crippen LogP contribution in [0.2, 0.25) is 0 Å². The molecule has 0 aliphatic rings. The highest BCUT2D eigenvalue weighted by atomic mass is 32.1. The summed E-state index contributed by atoms with van der Waals surface area (Å²) in [5.41, 5.74) is 5.02. The van der Waals surface area contributed by atoms with Gasteiger partial charge in [-0.25, -0.2) is 0 Å². The van der Waals surface area contributed by atoms with Gasteiger partial charge < -0.3 is 10.1 Å². The summed E-state index contributed by atoms with van der Waals surface area (Å²) in [4.78, 5) is 3.41. The fourth-order valence-corrected chi connectivity index (χ4v) is 3.56. The van der Waals surface area contributed by atoms with Crippen LogP contribution in [0.1, 0.15) is 17.4 Å². The largest absolute Gasteiger partial charge is 0.382 e. The van der Waals surface area contributed by atoms with Crippen LogP contribution in [0.4, 0.5) is 0 Å².